The van der Waals surface area contributed by atoms with Crippen LogP contribution in [0.25, 0.3) is 0 Å². The fraction of sp³-hybridized carbons (Fsp3) is 0.571. The molecule has 86 valence electrons. The molecule has 0 radical (unpaired) electrons. The lowest BCUT2D eigenvalue weighted by molar-refractivity contribution is 0.431. The molecule has 3 rings (SSSR count). The lowest BCUT2D eigenvalue weighted by atomic mass is 9.85. The first-order chi connectivity index (χ1) is 7.69. The number of hydrogen-bond donors (Lipinski definition) is 1. The van der Waals surface area contributed by atoms with Gasteiger partial charge in [0.15, 0.2) is 0 Å². The molecule has 1 heterocycles. The van der Waals surface area contributed by atoms with Crippen LogP contribution >= 0.6 is 11.6 Å². The number of aryl methyl sites for hydroxylation is 1. The lowest BCUT2D eigenvalue weighted by Gasteiger charge is -2.28. The van der Waals surface area contributed by atoms with Crippen LogP contribution in [0.3, 0.4) is 0 Å². The minimum atomic E-state index is 0.166. The number of hydrogen-bond acceptors (Lipinski definition) is 1. The van der Waals surface area contributed by atoms with E-state index in [2.05, 4.69) is 24.4 Å². The number of fused-ring (bicyclic) bond motifs is 1. The van der Waals surface area contributed by atoms with E-state index >= 15 is 0 Å². The van der Waals surface area contributed by atoms with Gasteiger partial charge in [0.05, 0.1) is 0 Å². The van der Waals surface area contributed by atoms with E-state index in [9.17, 15) is 0 Å². The van der Waals surface area contributed by atoms with Gasteiger partial charge in [-0.2, -0.15) is 0 Å². The van der Waals surface area contributed by atoms with E-state index in [1.807, 2.05) is 0 Å². The van der Waals surface area contributed by atoms with E-state index in [0.29, 0.717) is 0 Å². The lowest BCUT2D eigenvalue weighted by Crippen LogP contribution is -2.34. The molecular formula is C14H18ClN. The third-order valence-corrected chi connectivity index (χ3v) is 4.36. The fourth-order valence-electron chi connectivity index (χ4n) is 3.28. The van der Waals surface area contributed by atoms with Gasteiger partial charge in [-0.1, -0.05) is 11.6 Å². The van der Waals surface area contributed by atoms with Crippen LogP contribution in [0.1, 0.15) is 42.9 Å². The number of halogens is 1. The van der Waals surface area contributed by atoms with Gasteiger partial charge >= 0.3 is 0 Å². The van der Waals surface area contributed by atoms with Gasteiger partial charge in [0.25, 0.3) is 0 Å². The second-order valence-electron chi connectivity index (χ2n) is 5.31. The number of rotatable bonds is 1. The topological polar surface area (TPSA) is 12.0 Å². The van der Waals surface area contributed by atoms with Crippen LogP contribution < -0.4 is 5.32 Å². The van der Waals surface area contributed by atoms with E-state index < -0.39 is 0 Å². The van der Waals surface area contributed by atoms with Crippen molar-refractivity contribution in [3.05, 3.63) is 33.8 Å². The van der Waals surface area contributed by atoms with Crippen molar-refractivity contribution in [3.8, 4) is 0 Å². The second kappa shape index (κ2) is 3.75. The summed E-state index contributed by atoms with van der Waals surface area (Å²) < 4.78 is 0. The Labute approximate surface area is 102 Å². The Bertz CT molecular complexity index is 419. The molecule has 1 nitrogen and oxygen atoms in total. The van der Waals surface area contributed by atoms with Gasteiger partial charge < -0.3 is 5.32 Å². The van der Waals surface area contributed by atoms with E-state index in [1.54, 1.807) is 5.56 Å². The van der Waals surface area contributed by atoms with Gasteiger partial charge in [0.1, 0.15) is 0 Å². The maximum absolute atomic E-state index is 6.24. The molecule has 1 fully saturated rings. The molecule has 1 aliphatic carbocycles. The van der Waals surface area contributed by atoms with Crippen LogP contribution in [-0.4, -0.2) is 6.54 Å². The Morgan fingerprint density at radius 2 is 2.12 bits per heavy atom. The van der Waals surface area contributed by atoms with Crippen molar-refractivity contribution in [2.24, 2.45) is 0 Å². The summed E-state index contributed by atoms with van der Waals surface area (Å²) in [6.45, 7) is 3.46. The van der Waals surface area contributed by atoms with E-state index in [-0.39, 0.29) is 5.54 Å². The maximum Gasteiger partial charge on any atom is 0.0412 e. The Balaban J connectivity index is 2.13. The first kappa shape index (κ1) is 10.6. The van der Waals surface area contributed by atoms with Crippen molar-refractivity contribution in [1.82, 2.24) is 5.32 Å². The molecule has 0 spiro atoms. The van der Waals surface area contributed by atoms with Crippen LogP contribution in [0.4, 0.5) is 0 Å². The molecule has 0 amide bonds. The van der Waals surface area contributed by atoms with Crippen LogP contribution in [-0.2, 0) is 18.4 Å². The molecule has 2 aliphatic rings. The highest BCUT2D eigenvalue weighted by molar-refractivity contribution is 6.30. The monoisotopic (exact) mass is 235 g/mol. The van der Waals surface area contributed by atoms with Gasteiger partial charge in [-0.3, -0.25) is 0 Å². The highest BCUT2D eigenvalue weighted by Crippen LogP contribution is 2.38. The van der Waals surface area contributed by atoms with Gasteiger partial charge in [0.2, 0.25) is 0 Å². The molecule has 1 unspecified atom stereocenters. The standard InChI is InChI=1S/C14H18ClN/c1-14(6-3-7-16-14)13-9-11(15)8-10-4-2-5-12(10)13/h8-9,16H,2-7H2,1H3. The first-order valence-electron chi connectivity index (χ1n) is 6.26. The molecule has 0 aromatic heterocycles. The smallest absolute Gasteiger partial charge is 0.0412 e. The fourth-order valence-corrected chi connectivity index (χ4v) is 3.52. The Morgan fingerprint density at radius 1 is 1.25 bits per heavy atom. The summed E-state index contributed by atoms with van der Waals surface area (Å²) >= 11 is 6.24. The van der Waals surface area contributed by atoms with Crippen LogP contribution in [0.5, 0.6) is 0 Å². The Morgan fingerprint density at radius 3 is 2.88 bits per heavy atom. The molecule has 16 heavy (non-hydrogen) atoms. The summed E-state index contributed by atoms with van der Waals surface area (Å²) in [5.74, 6) is 0. The summed E-state index contributed by atoms with van der Waals surface area (Å²) in [5, 5.41) is 4.56. The zero-order valence-electron chi connectivity index (χ0n) is 9.78. The third kappa shape index (κ3) is 1.57. The van der Waals surface area contributed by atoms with E-state index in [1.165, 1.54) is 43.2 Å². The molecule has 1 aliphatic heterocycles. The Hall–Kier alpha value is -0.530. The van der Waals surface area contributed by atoms with Crippen molar-refractivity contribution >= 4 is 11.6 Å². The van der Waals surface area contributed by atoms with Crippen molar-refractivity contribution in [3.63, 3.8) is 0 Å². The van der Waals surface area contributed by atoms with Crippen LogP contribution in [0.15, 0.2) is 12.1 Å². The highest BCUT2D eigenvalue weighted by atomic mass is 35.5. The average molecular weight is 236 g/mol. The van der Waals surface area contributed by atoms with Crippen molar-refractivity contribution in [2.45, 2.75) is 44.6 Å². The molecular weight excluding hydrogens is 218 g/mol. The van der Waals surface area contributed by atoms with Gasteiger partial charge in [-0.25, -0.2) is 0 Å². The predicted molar refractivity (Wildman–Crippen MR) is 68.1 cm³/mol. The normalized spacial score (nSPS) is 28.4. The summed E-state index contributed by atoms with van der Waals surface area (Å²) in [6, 6.07) is 4.34. The number of benzene rings is 1. The largest absolute Gasteiger partial charge is 0.308 e. The zero-order valence-corrected chi connectivity index (χ0v) is 10.5. The minimum Gasteiger partial charge on any atom is -0.308 e. The Kier molecular flexibility index (Phi) is 2.49. The number of nitrogens with one attached hydrogen (secondary N) is 1. The second-order valence-corrected chi connectivity index (χ2v) is 5.74. The van der Waals surface area contributed by atoms with Crippen molar-refractivity contribution in [2.75, 3.05) is 6.54 Å². The van der Waals surface area contributed by atoms with Gasteiger partial charge in [-0.15, -0.1) is 0 Å². The van der Waals surface area contributed by atoms with Gasteiger partial charge in [0, 0.05) is 10.6 Å². The SMILES string of the molecule is CC1(c2cc(Cl)cc3c2CCC3)CCCN1. The quantitative estimate of drug-likeness (QED) is 0.787. The predicted octanol–water partition coefficient (Wildman–Crippen LogP) is 3.43. The highest BCUT2D eigenvalue weighted by Gasteiger charge is 2.33. The average Bonchev–Trinajstić information content (AvgIpc) is 2.85. The van der Waals surface area contributed by atoms with E-state index in [0.717, 1.165) is 11.6 Å². The molecule has 0 bridgehead atoms. The molecule has 2 heteroatoms. The summed E-state index contributed by atoms with van der Waals surface area (Å²) in [5.41, 5.74) is 4.68. The van der Waals surface area contributed by atoms with Crippen molar-refractivity contribution < 1.29 is 0 Å². The van der Waals surface area contributed by atoms with Crippen LogP contribution in [0.2, 0.25) is 5.02 Å². The molecule has 1 N–H and O–H groups in total. The molecule has 1 saturated heterocycles. The van der Waals surface area contributed by atoms with Crippen LogP contribution in [0, 0.1) is 0 Å². The minimum absolute atomic E-state index is 0.166. The zero-order chi connectivity index (χ0) is 11.2. The molecule has 1 aromatic rings. The first-order valence-corrected chi connectivity index (χ1v) is 6.64. The maximum atomic E-state index is 6.24. The third-order valence-electron chi connectivity index (χ3n) is 4.14. The molecule has 0 saturated carbocycles. The molecule has 1 atom stereocenters. The molecule has 1 aromatic carbocycles. The summed E-state index contributed by atoms with van der Waals surface area (Å²) in [4.78, 5) is 0. The van der Waals surface area contributed by atoms with Gasteiger partial charge in [-0.05, 0) is 74.4 Å². The van der Waals surface area contributed by atoms with Crippen molar-refractivity contribution in [1.29, 1.82) is 0 Å². The van der Waals surface area contributed by atoms with E-state index in [4.69, 9.17) is 11.6 Å². The summed E-state index contributed by atoms with van der Waals surface area (Å²) in [6.07, 6.45) is 6.24. The summed E-state index contributed by atoms with van der Waals surface area (Å²) in [7, 11) is 0.